The van der Waals surface area contributed by atoms with E-state index in [9.17, 15) is 4.79 Å². The second kappa shape index (κ2) is 8.35. The van der Waals surface area contributed by atoms with Gasteiger partial charge in [-0.1, -0.05) is 0 Å². The number of nitrogens with one attached hydrogen (secondary N) is 1. The summed E-state index contributed by atoms with van der Waals surface area (Å²) in [5.74, 6) is 0. The first-order chi connectivity index (χ1) is 7.52. The van der Waals surface area contributed by atoms with E-state index >= 15 is 0 Å². The molecule has 0 aliphatic heterocycles. The average Bonchev–Trinajstić information content (AvgIpc) is 2.17. The van der Waals surface area contributed by atoms with Crippen LogP contribution in [0.2, 0.25) is 0 Å². The van der Waals surface area contributed by atoms with E-state index in [1.807, 2.05) is 20.8 Å². The van der Waals surface area contributed by atoms with Crippen molar-refractivity contribution in [3.63, 3.8) is 0 Å². The van der Waals surface area contributed by atoms with Gasteiger partial charge in [0.15, 0.2) is 0 Å². The summed E-state index contributed by atoms with van der Waals surface area (Å²) < 4.78 is 10.1. The fourth-order valence-electron chi connectivity index (χ4n) is 1.37. The molecule has 0 fully saturated rings. The van der Waals surface area contributed by atoms with Crippen molar-refractivity contribution in [2.45, 2.75) is 32.9 Å². The Morgan fingerprint density at radius 1 is 1.25 bits per heavy atom. The minimum atomic E-state index is -0.0726. The van der Waals surface area contributed by atoms with Gasteiger partial charge in [-0.25, -0.2) is 4.79 Å². The zero-order valence-corrected chi connectivity index (χ0v) is 10.9. The third kappa shape index (κ3) is 5.92. The molecule has 5 heteroatoms. The molecule has 16 heavy (non-hydrogen) atoms. The van der Waals surface area contributed by atoms with Gasteiger partial charge in [-0.2, -0.15) is 0 Å². The predicted octanol–water partition coefficient (Wildman–Crippen LogP) is 1.09. The highest BCUT2D eigenvalue weighted by molar-refractivity contribution is 5.74. The van der Waals surface area contributed by atoms with E-state index in [0.717, 1.165) is 0 Å². The summed E-state index contributed by atoms with van der Waals surface area (Å²) >= 11 is 0. The van der Waals surface area contributed by atoms with Gasteiger partial charge in [0.1, 0.15) is 0 Å². The van der Waals surface area contributed by atoms with Gasteiger partial charge in [0.25, 0.3) is 0 Å². The van der Waals surface area contributed by atoms with E-state index in [2.05, 4.69) is 5.32 Å². The van der Waals surface area contributed by atoms with Crippen molar-refractivity contribution in [3.05, 3.63) is 0 Å². The van der Waals surface area contributed by atoms with Crippen molar-refractivity contribution >= 4 is 6.03 Å². The fourth-order valence-corrected chi connectivity index (χ4v) is 1.37. The van der Waals surface area contributed by atoms with Crippen molar-refractivity contribution in [3.8, 4) is 0 Å². The number of hydrogen-bond donors (Lipinski definition) is 1. The van der Waals surface area contributed by atoms with Crippen LogP contribution in [0.5, 0.6) is 0 Å². The smallest absolute Gasteiger partial charge is 0.317 e. The molecule has 0 aromatic carbocycles. The van der Waals surface area contributed by atoms with Crippen LogP contribution in [0.1, 0.15) is 20.8 Å². The van der Waals surface area contributed by atoms with Crippen LogP contribution in [0.3, 0.4) is 0 Å². The van der Waals surface area contributed by atoms with Crippen LogP contribution in [-0.2, 0) is 9.47 Å². The van der Waals surface area contributed by atoms with E-state index < -0.39 is 0 Å². The molecule has 0 spiro atoms. The summed E-state index contributed by atoms with van der Waals surface area (Å²) in [7, 11) is 3.25. The van der Waals surface area contributed by atoms with Crippen LogP contribution < -0.4 is 5.32 Å². The number of rotatable bonds is 7. The molecule has 5 nitrogen and oxygen atoms in total. The van der Waals surface area contributed by atoms with Crippen LogP contribution in [0, 0.1) is 0 Å². The maximum atomic E-state index is 11.9. The first-order valence-electron chi connectivity index (χ1n) is 5.57. The van der Waals surface area contributed by atoms with Crippen LogP contribution >= 0.6 is 0 Å². The highest BCUT2D eigenvalue weighted by Gasteiger charge is 2.19. The molecule has 0 saturated carbocycles. The SMILES string of the molecule is COCCN(C(=O)NC(C)C)C(C)COC. The summed E-state index contributed by atoms with van der Waals surface area (Å²) in [6.07, 6.45) is 0. The molecule has 0 heterocycles. The minimum Gasteiger partial charge on any atom is -0.383 e. The quantitative estimate of drug-likeness (QED) is 0.715. The zero-order valence-electron chi connectivity index (χ0n) is 10.9. The summed E-state index contributed by atoms with van der Waals surface area (Å²) in [5, 5.41) is 2.87. The summed E-state index contributed by atoms with van der Waals surface area (Å²) in [4.78, 5) is 13.6. The Bertz CT molecular complexity index is 198. The van der Waals surface area contributed by atoms with Crippen molar-refractivity contribution in [2.24, 2.45) is 0 Å². The number of amides is 2. The number of hydrogen-bond acceptors (Lipinski definition) is 3. The van der Waals surface area contributed by atoms with Crippen LogP contribution in [0.15, 0.2) is 0 Å². The number of urea groups is 1. The van der Waals surface area contributed by atoms with E-state index in [0.29, 0.717) is 19.8 Å². The molecule has 0 radical (unpaired) electrons. The topological polar surface area (TPSA) is 50.8 Å². The summed E-state index contributed by atoms with van der Waals surface area (Å²) in [6.45, 7) is 7.45. The van der Waals surface area contributed by atoms with Crippen LogP contribution in [-0.4, -0.2) is 57.0 Å². The number of carbonyl (C=O) groups is 1. The van der Waals surface area contributed by atoms with Gasteiger partial charge in [0.05, 0.1) is 19.3 Å². The molecule has 0 rings (SSSR count). The van der Waals surface area contributed by atoms with Gasteiger partial charge in [0.2, 0.25) is 0 Å². The first-order valence-corrected chi connectivity index (χ1v) is 5.57. The third-order valence-corrected chi connectivity index (χ3v) is 2.15. The molecule has 0 saturated heterocycles. The van der Waals surface area contributed by atoms with Crippen LogP contribution in [0.4, 0.5) is 4.79 Å². The molecule has 0 aliphatic rings. The molecule has 2 amide bonds. The molecular formula is C11H24N2O3. The minimum absolute atomic E-state index is 0.0406. The molecule has 0 aliphatic carbocycles. The highest BCUT2D eigenvalue weighted by Crippen LogP contribution is 2.01. The third-order valence-electron chi connectivity index (χ3n) is 2.15. The summed E-state index contributed by atoms with van der Waals surface area (Å²) in [5.41, 5.74) is 0. The molecule has 96 valence electrons. The molecule has 0 aromatic heterocycles. The maximum absolute atomic E-state index is 11.9. The van der Waals surface area contributed by atoms with Crippen molar-refractivity contribution in [1.29, 1.82) is 0 Å². The second-order valence-electron chi connectivity index (χ2n) is 4.09. The lowest BCUT2D eigenvalue weighted by Gasteiger charge is -2.29. The van der Waals surface area contributed by atoms with Crippen molar-refractivity contribution < 1.29 is 14.3 Å². The van der Waals surface area contributed by atoms with Crippen LogP contribution in [0.25, 0.3) is 0 Å². The molecule has 0 aromatic rings. The standard InChI is InChI=1S/C11H24N2O3/c1-9(2)12-11(14)13(6-7-15-4)10(3)8-16-5/h9-10H,6-8H2,1-5H3,(H,12,14). The normalized spacial score (nSPS) is 12.6. The van der Waals surface area contributed by atoms with Crippen molar-refractivity contribution in [1.82, 2.24) is 10.2 Å². The largest absolute Gasteiger partial charge is 0.383 e. The Hall–Kier alpha value is -0.810. The Kier molecular flexibility index (Phi) is 7.93. The Morgan fingerprint density at radius 2 is 1.88 bits per heavy atom. The number of ether oxygens (including phenoxy) is 2. The van der Waals surface area contributed by atoms with E-state index in [1.54, 1.807) is 19.1 Å². The van der Waals surface area contributed by atoms with E-state index in [1.165, 1.54) is 0 Å². The molecule has 1 N–H and O–H groups in total. The lowest BCUT2D eigenvalue weighted by molar-refractivity contribution is 0.0897. The highest BCUT2D eigenvalue weighted by atomic mass is 16.5. The van der Waals surface area contributed by atoms with Gasteiger partial charge in [0, 0.05) is 26.8 Å². The molecular weight excluding hydrogens is 208 g/mol. The van der Waals surface area contributed by atoms with Crippen molar-refractivity contribution in [2.75, 3.05) is 34.0 Å². The molecule has 1 unspecified atom stereocenters. The predicted molar refractivity (Wildman–Crippen MR) is 63.6 cm³/mol. The average molecular weight is 232 g/mol. The fraction of sp³-hybridized carbons (Fsp3) is 0.909. The maximum Gasteiger partial charge on any atom is 0.317 e. The lowest BCUT2D eigenvalue weighted by Crippen LogP contribution is -2.49. The molecule has 1 atom stereocenters. The van der Waals surface area contributed by atoms with Gasteiger partial charge in [-0.15, -0.1) is 0 Å². The first kappa shape index (κ1) is 15.2. The number of methoxy groups -OCH3 is 2. The van der Waals surface area contributed by atoms with Gasteiger partial charge in [-0.05, 0) is 20.8 Å². The number of nitrogens with zero attached hydrogens (tertiary/aromatic N) is 1. The van der Waals surface area contributed by atoms with Gasteiger partial charge < -0.3 is 19.7 Å². The van der Waals surface area contributed by atoms with Gasteiger partial charge in [-0.3, -0.25) is 0 Å². The van der Waals surface area contributed by atoms with E-state index in [4.69, 9.17) is 9.47 Å². The Labute approximate surface area is 98.1 Å². The Balaban J connectivity index is 4.33. The summed E-state index contributed by atoms with van der Waals surface area (Å²) in [6, 6.07) is 0.0998. The number of carbonyl (C=O) groups excluding carboxylic acids is 1. The molecule has 0 bridgehead atoms. The monoisotopic (exact) mass is 232 g/mol. The van der Waals surface area contributed by atoms with Gasteiger partial charge >= 0.3 is 6.03 Å². The lowest BCUT2D eigenvalue weighted by atomic mass is 10.3. The van der Waals surface area contributed by atoms with E-state index in [-0.39, 0.29) is 18.1 Å². The Morgan fingerprint density at radius 3 is 2.31 bits per heavy atom. The zero-order chi connectivity index (χ0) is 12.6. The second-order valence-corrected chi connectivity index (χ2v) is 4.09.